The Bertz CT molecular complexity index is 241. The number of hydrogen-bond acceptors (Lipinski definition) is 5. The third-order valence-corrected chi connectivity index (χ3v) is 1.27. The van der Waals surface area contributed by atoms with E-state index >= 15 is 0 Å². The van der Waals surface area contributed by atoms with E-state index in [0.29, 0.717) is 19.0 Å². The fourth-order valence-electron chi connectivity index (χ4n) is 0.719. The van der Waals surface area contributed by atoms with Gasteiger partial charge in [-0.1, -0.05) is 0 Å². The predicted molar refractivity (Wildman–Crippen MR) is 46.1 cm³/mol. The zero-order chi connectivity index (χ0) is 8.81. The van der Waals surface area contributed by atoms with Gasteiger partial charge in [-0.25, -0.2) is 9.97 Å². The van der Waals surface area contributed by atoms with Gasteiger partial charge >= 0.3 is 0 Å². The molecule has 0 atom stereocenters. The van der Waals surface area contributed by atoms with Gasteiger partial charge in [0, 0.05) is 19.7 Å². The van der Waals surface area contributed by atoms with Crippen LogP contribution in [0.4, 0.5) is 5.82 Å². The van der Waals surface area contributed by atoms with Gasteiger partial charge in [-0.2, -0.15) is 0 Å². The topological polar surface area (TPSA) is 73.1 Å². The SMILES string of the molecule is CNc1cc(OCCN)ncn1. The van der Waals surface area contributed by atoms with Gasteiger partial charge < -0.3 is 15.8 Å². The molecule has 0 aromatic carbocycles. The largest absolute Gasteiger partial charge is 0.476 e. The third-order valence-electron chi connectivity index (χ3n) is 1.27. The Kier molecular flexibility index (Phi) is 3.28. The van der Waals surface area contributed by atoms with E-state index in [1.165, 1.54) is 6.33 Å². The Morgan fingerprint density at radius 1 is 1.58 bits per heavy atom. The van der Waals surface area contributed by atoms with Gasteiger partial charge in [0.25, 0.3) is 0 Å². The summed E-state index contributed by atoms with van der Waals surface area (Å²) in [5, 5.41) is 2.88. The number of hydrogen-bond donors (Lipinski definition) is 2. The van der Waals surface area contributed by atoms with Crippen molar-refractivity contribution in [3.63, 3.8) is 0 Å². The van der Waals surface area contributed by atoms with Crippen molar-refractivity contribution >= 4 is 5.82 Å². The second kappa shape index (κ2) is 4.50. The molecule has 0 aliphatic rings. The molecule has 0 radical (unpaired) electrons. The first-order valence-electron chi connectivity index (χ1n) is 3.69. The molecule has 0 aliphatic carbocycles. The average Bonchev–Trinajstić information content (AvgIpc) is 2.15. The third kappa shape index (κ3) is 2.35. The van der Waals surface area contributed by atoms with Crippen LogP contribution in [0.25, 0.3) is 0 Å². The summed E-state index contributed by atoms with van der Waals surface area (Å²) in [4.78, 5) is 7.83. The van der Waals surface area contributed by atoms with Crippen LogP contribution in [-0.4, -0.2) is 30.2 Å². The summed E-state index contributed by atoms with van der Waals surface area (Å²) in [6.07, 6.45) is 1.44. The lowest BCUT2D eigenvalue weighted by molar-refractivity contribution is 0.315. The lowest BCUT2D eigenvalue weighted by atomic mass is 10.5. The van der Waals surface area contributed by atoms with E-state index < -0.39 is 0 Å². The number of nitrogens with one attached hydrogen (secondary N) is 1. The Balaban J connectivity index is 2.60. The van der Waals surface area contributed by atoms with Crippen LogP contribution in [0.5, 0.6) is 5.88 Å². The minimum atomic E-state index is 0.472. The zero-order valence-corrected chi connectivity index (χ0v) is 6.95. The molecule has 5 nitrogen and oxygen atoms in total. The normalized spacial score (nSPS) is 9.50. The molecule has 0 saturated heterocycles. The molecule has 5 heteroatoms. The molecule has 0 bridgehead atoms. The van der Waals surface area contributed by atoms with E-state index in [9.17, 15) is 0 Å². The number of anilines is 1. The molecule has 0 fully saturated rings. The molecule has 0 amide bonds. The lowest BCUT2D eigenvalue weighted by Crippen LogP contribution is -2.11. The molecule has 3 N–H and O–H groups in total. The van der Waals surface area contributed by atoms with Gasteiger partial charge in [0.1, 0.15) is 18.8 Å². The summed E-state index contributed by atoms with van der Waals surface area (Å²) in [5.74, 6) is 1.27. The summed E-state index contributed by atoms with van der Waals surface area (Å²) in [6, 6.07) is 1.72. The monoisotopic (exact) mass is 168 g/mol. The molecule has 0 unspecified atom stereocenters. The van der Waals surface area contributed by atoms with Gasteiger partial charge in [-0.3, -0.25) is 0 Å². The first kappa shape index (κ1) is 8.73. The molecule has 0 spiro atoms. The second-order valence-corrected chi connectivity index (χ2v) is 2.13. The summed E-state index contributed by atoms with van der Waals surface area (Å²) in [5.41, 5.74) is 5.26. The molecule has 1 heterocycles. The highest BCUT2D eigenvalue weighted by Crippen LogP contribution is 2.09. The molecular weight excluding hydrogens is 156 g/mol. The minimum Gasteiger partial charge on any atom is -0.476 e. The van der Waals surface area contributed by atoms with Crippen LogP contribution < -0.4 is 15.8 Å². The highest BCUT2D eigenvalue weighted by molar-refractivity contribution is 5.35. The minimum absolute atomic E-state index is 0.472. The van der Waals surface area contributed by atoms with Crippen LogP contribution >= 0.6 is 0 Å². The van der Waals surface area contributed by atoms with Crippen LogP contribution in [0.1, 0.15) is 0 Å². The first-order chi connectivity index (χ1) is 5.86. The van der Waals surface area contributed by atoms with E-state index in [1.54, 1.807) is 13.1 Å². The Morgan fingerprint density at radius 2 is 2.42 bits per heavy atom. The fourth-order valence-corrected chi connectivity index (χ4v) is 0.719. The second-order valence-electron chi connectivity index (χ2n) is 2.13. The highest BCUT2D eigenvalue weighted by atomic mass is 16.5. The van der Waals surface area contributed by atoms with Crippen molar-refractivity contribution in [3.05, 3.63) is 12.4 Å². The number of nitrogens with zero attached hydrogens (tertiary/aromatic N) is 2. The molecule has 0 aliphatic heterocycles. The van der Waals surface area contributed by atoms with E-state index in [1.807, 2.05) is 0 Å². The lowest BCUT2D eigenvalue weighted by Gasteiger charge is -2.03. The van der Waals surface area contributed by atoms with Crippen LogP contribution in [0.3, 0.4) is 0 Å². The number of rotatable bonds is 4. The summed E-state index contributed by atoms with van der Waals surface area (Å²) < 4.78 is 5.18. The molecule has 12 heavy (non-hydrogen) atoms. The van der Waals surface area contributed by atoms with Crippen molar-refractivity contribution in [2.45, 2.75) is 0 Å². The molecule has 1 aromatic rings. The standard InChI is InChI=1S/C7H12N4O/c1-9-6-4-7(11-5-10-6)12-3-2-8/h4-5H,2-3,8H2,1H3,(H,9,10,11). The van der Waals surface area contributed by atoms with E-state index in [0.717, 1.165) is 5.82 Å². The van der Waals surface area contributed by atoms with Gasteiger partial charge in [-0.05, 0) is 0 Å². The average molecular weight is 168 g/mol. The first-order valence-corrected chi connectivity index (χ1v) is 3.69. The number of aromatic nitrogens is 2. The van der Waals surface area contributed by atoms with E-state index in [-0.39, 0.29) is 0 Å². The number of nitrogens with two attached hydrogens (primary N) is 1. The molecule has 0 saturated carbocycles. The highest BCUT2D eigenvalue weighted by Gasteiger charge is 1.95. The predicted octanol–water partition coefficient (Wildman–Crippen LogP) is -0.144. The number of ether oxygens (including phenoxy) is 1. The van der Waals surface area contributed by atoms with Crippen molar-refractivity contribution in [1.82, 2.24) is 9.97 Å². The smallest absolute Gasteiger partial charge is 0.218 e. The molecular formula is C7H12N4O. The molecule has 1 rings (SSSR count). The van der Waals surface area contributed by atoms with Crippen molar-refractivity contribution in [1.29, 1.82) is 0 Å². The van der Waals surface area contributed by atoms with Gasteiger partial charge in [0.15, 0.2) is 0 Å². The molecule has 1 aromatic heterocycles. The Labute approximate surface area is 71.0 Å². The van der Waals surface area contributed by atoms with Gasteiger partial charge in [0.05, 0.1) is 0 Å². The quantitative estimate of drug-likeness (QED) is 0.654. The maximum Gasteiger partial charge on any atom is 0.218 e. The molecule has 66 valence electrons. The summed E-state index contributed by atoms with van der Waals surface area (Å²) in [7, 11) is 1.79. The van der Waals surface area contributed by atoms with Crippen molar-refractivity contribution in [2.24, 2.45) is 5.73 Å². The van der Waals surface area contributed by atoms with Gasteiger partial charge in [0.2, 0.25) is 5.88 Å². The van der Waals surface area contributed by atoms with Crippen molar-refractivity contribution < 1.29 is 4.74 Å². The maximum absolute atomic E-state index is 5.26. The Hall–Kier alpha value is -1.36. The van der Waals surface area contributed by atoms with Crippen LogP contribution in [0.2, 0.25) is 0 Å². The summed E-state index contributed by atoms with van der Waals surface area (Å²) >= 11 is 0. The Morgan fingerprint density at radius 3 is 3.08 bits per heavy atom. The van der Waals surface area contributed by atoms with Gasteiger partial charge in [-0.15, -0.1) is 0 Å². The van der Waals surface area contributed by atoms with Crippen LogP contribution in [0, 0.1) is 0 Å². The van der Waals surface area contributed by atoms with Crippen molar-refractivity contribution in [2.75, 3.05) is 25.5 Å². The zero-order valence-electron chi connectivity index (χ0n) is 6.95. The van der Waals surface area contributed by atoms with Crippen LogP contribution in [-0.2, 0) is 0 Å². The maximum atomic E-state index is 5.26. The van der Waals surface area contributed by atoms with E-state index in [4.69, 9.17) is 10.5 Å². The fraction of sp³-hybridized carbons (Fsp3) is 0.429. The van der Waals surface area contributed by atoms with E-state index in [2.05, 4.69) is 15.3 Å². The van der Waals surface area contributed by atoms with Crippen LogP contribution in [0.15, 0.2) is 12.4 Å². The van der Waals surface area contributed by atoms with Crippen molar-refractivity contribution in [3.8, 4) is 5.88 Å². The summed E-state index contributed by atoms with van der Waals surface area (Å²) in [6.45, 7) is 0.957.